The second-order valence-electron chi connectivity index (χ2n) is 4.71. The van der Waals surface area contributed by atoms with Crippen LogP contribution in [-0.4, -0.2) is 38.0 Å². The second kappa shape index (κ2) is 8.14. The summed E-state index contributed by atoms with van der Waals surface area (Å²) in [5.74, 6) is -4.66. The van der Waals surface area contributed by atoms with E-state index in [1.54, 1.807) is 12.1 Å². The molecule has 7 heteroatoms. The van der Waals surface area contributed by atoms with Crippen LogP contribution in [0.2, 0.25) is 0 Å². The van der Waals surface area contributed by atoms with Crippen molar-refractivity contribution in [1.82, 2.24) is 0 Å². The molecule has 0 amide bonds. The molecule has 0 aliphatic carbocycles. The van der Waals surface area contributed by atoms with E-state index in [9.17, 15) is 4.79 Å². The fourth-order valence-corrected chi connectivity index (χ4v) is 1.69. The molecule has 124 valence electrons. The van der Waals surface area contributed by atoms with Crippen molar-refractivity contribution < 1.29 is 30.3 Å². The average Bonchev–Trinajstić information content (AvgIpc) is 2.52. The minimum absolute atomic E-state index is 0.0579. The molecular weight excluding hydrogens is 302 g/mol. The van der Waals surface area contributed by atoms with Crippen LogP contribution in [0.1, 0.15) is 11.1 Å². The lowest BCUT2D eigenvalue weighted by atomic mass is 10.1. The molecule has 0 unspecified atom stereocenters. The molecule has 2 aromatic rings. The van der Waals surface area contributed by atoms with Gasteiger partial charge in [0.2, 0.25) is 0 Å². The molecule has 0 radical (unpaired) electrons. The number of aromatic hydroxyl groups is 2. The van der Waals surface area contributed by atoms with E-state index in [1.165, 1.54) is 36.4 Å². The lowest BCUT2D eigenvalue weighted by Gasteiger charge is -2.15. The van der Waals surface area contributed by atoms with Gasteiger partial charge in [0.25, 0.3) is 5.79 Å². The van der Waals surface area contributed by atoms with Crippen molar-refractivity contribution in [3.8, 4) is 11.5 Å². The highest BCUT2D eigenvalue weighted by Gasteiger charge is 2.34. The van der Waals surface area contributed by atoms with Gasteiger partial charge in [-0.15, -0.1) is 0 Å². The van der Waals surface area contributed by atoms with Crippen LogP contribution in [0.3, 0.4) is 0 Å². The van der Waals surface area contributed by atoms with Gasteiger partial charge in [0.1, 0.15) is 0 Å². The highest BCUT2D eigenvalue weighted by Crippen LogP contribution is 2.24. The number of rotatable bonds is 4. The molecule has 0 spiro atoms. The Balaban J connectivity index is 0.000000231. The van der Waals surface area contributed by atoms with E-state index in [0.717, 1.165) is 5.56 Å². The molecule has 7 nitrogen and oxygen atoms in total. The van der Waals surface area contributed by atoms with Gasteiger partial charge in [-0.1, -0.05) is 36.4 Å². The Labute approximate surface area is 132 Å². The van der Waals surface area contributed by atoms with E-state index in [0.29, 0.717) is 13.0 Å². The highest BCUT2D eigenvalue weighted by molar-refractivity contribution is 5.76. The molecule has 0 atom stereocenters. The summed E-state index contributed by atoms with van der Waals surface area (Å²) >= 11 is 0. The third-order valence-corrected chi connectivity index (χ3v) is 2.95. The minimum Gasteiger partial charge on any atom is -0.504 e. The van der Waals surface area contributed by atoms with Crippen LogP contribution in [0.25, 0.3) is 0 Å². The summed E-state index contributed by atoms with van der Waals surface area (Å²) in [6.07, 6.45) is 0.716. The van der Waals surface area contributed by atoms with E-state index in [1.807, 2.05) is 0 Å². The molecule has 0 heterocycles. The summed E-state index contributed by atoms with van der Waals surface area (Å²) < 4.78 is 0. The molecule has 0 aliphatic rings. The number of carbonyl (C=O) groups is 1. The fourth-order valence-electron chi connectivity index (χ4n) is 1.69. The molecule has 7 N–H and O–H groups in total. The van der Waals surface area contributed by atoms with Crippen molar-refractivity contribution in [1.29, 1.82) is 0 Å². The SMILES string of the molecule is NCCc1ccc(O)c(O)c1.O=C(O)C(O)(O)c1ccccc1. The number of nitrogens with two attached hydrogens (primary N) is 1. The van der Waals surface area contributed by atoms with Crippen LogP contribution in [0.4, 0.5) is 0 Å². The second-order valence-corrected chi connectivity index (χ2v) is 4.71. The Morgan fingerprint density at radius 1 is 1.00 bits per heavy atom. The van der Waals surface area contributed by atoms with Gasteiger partial charge in [0.05, 0.1) is 0 Å². The monoisotopic (exact) mass is 321 g/mol. The van der Waals surface area contributed by atoms with Crippen LogP contribution in [0.5, 0.6) is 11.5 Å². The zero-order valence-electron chi connectivity index (χ0n) is 12.3. The third kappa shape index (κ3) is 5.26. The average molecular weight is 321 g/mol. The maximum atomic E-state index is 10.3. The Kier molecular flexibility index (Phi) is 6.52. The van der Waals surface area contributed by atoms with E-state index in [4.69, 9.17) is 31.3 Å². The zero-order valence-corrected chi connectivity index (χ0v) is 12.3. The number of benzene rings is 2. The molecule has 0 fully saturated rings. The van der Waals surface area contributed by atoms with Gasteiger partial charge in [0, 0.05) is 5.56 Å². The molecule has 0 bridgehead atoms. The number of aliphatic hydroxyl groups is 2. The summed E-state index contributed by atoms with van der Waals surface area (Å²) in [4.78, 5) is 10.3. The van der Waals surface area contributed by atoms with Crippen molar-refractivity contribution in [2.45, 2.75) is 12.2 Å². The van der Waals surface area contributed by atoms with Gasteiger partial charge in [0.15, 0.2) is 11.5 Å². The Hall–Kier alpha value is -2.61. The number of hydrogen-bond acceptors (Lipinski definition) is 6. The van der Waals surface area contributed by atoms with E-state index < -0.39 is 11.8 Å². The van der Waals surface area contributed by atoms with E-state index in [-0.39, 0.29) is 17.1 Å². The first-order valence-electron chi connectivity index (χ1n) is 6.73. The summed E-state index contributed by atoms with van der Waals surface area (Å²) in [5, 5.41) is 44.4. The summed E-state index contributed by atoms with van der Waals surface area (Å²) in [6.45, 7) is 0.546. The summed E-state index contributed by atoms with van der Waals surface area (Å²) in [7, 11) is 0. The predicted octanol–water partition coefficient (Wildman–Crippen LogP) is 0.508. The van der Waals surface area contributed by atoms with Crippen molar-refractivity contribution in [2.24, 2.45) is 5.73 Å². The molecule has 0 aromatic heterocycles. The maximum absolute atomic E-state index is 10.3. The minimum atomic E-state index is -2.79. The van der Waals surface area contributed by atoms with Gasteiger partial charge in [-0.2, -0.15) is 0 Å². The van der Waals surface area contributed by atoms with Crippen LogP contribution in [-0.2, 0) is 17.0 Å². The number of hydrogen-bond donors (Lipinski definition) is 6. The molecule has 0 saturated carbocycles. The molecule has 2 rings (SSSR count). The van der Waals surface area contributed by atoms with Gasteiger partial charge in [-0.25, -0.2) is 4.79 Å². The van der Waals surface area contributed by atoms with Crippen molar-refractivity contribution in [2.75, 3.05) is 6.54 Å². The molecular formula is C16H19NO6. The number of phenolic OH excluding ortho intramolecular Hbond substituents is 2. The van der Waals surface area contributed by atoms with Gasteiger partial charge >= 0.3 is 5.97 Å². The van der Waals surface area contributed by atoms with Crippen molar-refractivity contribution >= 4 is 5.97 Å². The van der Waals surface area contributed by atoms with Gasteiger partial charge in [-0.3, -0.25) is 0 Å². The highest BCUT2D eigenvalue weighted by atomic mass is 16.5. The first-order valence-corrected chi connectivity index (χ1v) is 6.73. The smallest absolute Gasteiger partial charge is 0.369 e. The maximum Gasteiger partial charge on any atom is 0.369 e. The first-order chi connectivity index (χ1) is 10.8. The van der Waals surface area contributed by atoms with E-state index >= 15 is 0 Å². The van der Waals surface area contributed by atoms with Gasteiger partial charge in [-0.05, 0) is 30.7 Å². The standard InChI is InChI=1S/C8H11NO2.C8H8O4/c9-4-3-6-1-2-7(10)8(11)5-6;9-7(10)8(11,12)6-4-2-1-3-5-6/h1-2,5,10-11H,3-4,9H2;1-5,11-12H,(H,9,10). The fraction of sp³-hybridized carbons (Fsp3) is 0.188. The van der Waals surface area contributed by atoms with Crippen LogP contribution >= 0.6 is 0 Å². The lowest BCUT2D eigenvalue weighted by molar-refractivity contribution is -0.208. The Morgan fingerprint density at radius 2 is 1.61 bits per heavy atom. The van der Waals surface area contributed by atoms with Crippen molar-refractivity contribution in [3.05, 3.63) is 59.7 Å². The number of phenols is 2. The third-order valence-electron chi connectivity index (χ3n) is 2.95. The Morgan fingerprint density at radius 3 is 2.09 bits per heavy atom. The summed E-state index contributed by atoms with van der Waals surface area (Å²) in [6, 6.07) is 12.1. The lowest BCUT2D eigenvalue weighted by Crippen LogP contribution is -2.34. The molecule has 23 heavy (non-hydrogen) atoms. The first kappa shape index (κ1) is 18.4. The molecule has 2 aromatic carbocycles. The normalized spacial score (nSPS) is 10.6. The number of carboxylic acid groups (broad SMARTS) is 1. The molecule has 0 aliphatic heterocycles. The zero-order chi connectivity index (χ0) is 17.5. The van der Waals surface area contributed by atoms with Gasteiger partial charge < -0.3 is 31.3 Å². The number of aliphatic carboxylic acids is 1. The quantitative estimate of drug-likeness (QED) is 0.355. The Bertz CT molecular complexity index is 642. The van der Waals surface area contributed by atoms with Crippen LogP contribution < -0.4 is 5.73 Å². The topological polar surface area (TPSA) is 144 Å². The summed E-state index contributed by atoms with van der Waals surface area (Å²) in [5.41, 5.74) is 6.18. The number of carboxylic acids is 1. The van der Waals surface area contributed by atoms with Crippen LogP contribution in [0.15, 0.2) is 48.5 Å². The largest absolute Gasteiger partial charge is 0.504 e. The van der Waals surface area contributed by atoms with Crippen LogP contribution in [0, 0.1) is 0 Å². The van der Waals surface area contributed by atoms with Crippen molar-refractivity contribution in [3.63, 3.8) is 0 Å². The predicted molar refractivity (Wildman–Crippen MR) is 82.7 cm³/mol. The van der Waals surface area contributed by atoms with E-state index in [2.05, 4.69) is 0 Å². The molecule has 0 saturated heterocycles.